The van der Waals surface area contributed by atoms with Crippen LogP contribution in [-0.2, 0) is 6.42 Å². The lowest BCUT2D eigenvalue weighted by Gasteiger charge is -2.30. The van der Waals surface area contributed by atoms with Crippen LogP contribution in [0.25, 0.3) is 0 Å². The molecule has 0 spiro atoms. The molecule has 1 N–H and O–H groups in total. The first-order valence-electron chi connectivity index (χ1n) is 7.39. The summed E-state index contributed by atoms with van der Waals surface area (Å²) in [6, 6.07) is 9.99. The molecule has 21 heavy (non-hydrogen) atoms. The van der Waals surface area contributed by atoms with Gasteiger partial charge in [-0.05, 0) is 37.5 Å². The number of hydrogen-bond donors (Lipinski definition) is 1. The van der Waals surface area contributed by atoms with Gasteiger partial charge in [0.25, 0.3) is 5.91 Å². The number of aryl methyl sites for hydroxylation is 1. The van der Waals surface area contributed by atoms with Gasteiger partial charge in [0.2, 0.25) is 0 Å². The number of carbonyl (C=O) groups is 1. The number of anilines is 2. The molecule has 0 radical (unpaired) electrons. The normalized spacial score (nSPS) is 13.7. The zero-order chi connectivity index (χ0) is 14.7. The minimum absolute atomic E-state index is 0.0196. The van der Waals surface area contributed by atoms with Gasteiger partial charge in [-0.15, -0.1) is 0 Å². The van der Waals surface area contributed by atoms with Gasteiger partial charge in [0.1, 0.15) is 0 Å². The fourth-order valence-corrected chi connectivity index (χ4v) is 2.80. The summed E-state index contributed by atoms with van der Waals surface area (Å²) in [5.74, 6) is 0.0196. The average Bonchev–Trinajstić information content (AvgIpc) is 2.54. The maximum atomic E-state index is 12.9. The number of nitrogens with one attached hydrogen (secondary N) is 1. The number of hydrogen-bond acceptors (Lipinski definition) is 3. The molecule has 0 saturated carbocycles. The third kappa shape index (κ3) is 2.61. The Labute approximate surface area is 124 Å². The van der Waals surface area contributed by atoms with Crippen molar-refractivity contribution in [2.75, 3.05) is 23.3 Å². The molecule has 1 amide bonds. The third-order valence-corrected chi connectivity index (χ3v) is 3.77. The summed E-state index contributed by atoms with van der Waals surface area (Å²) in [7, 11) is 0. The molecule has 0 saturated heterocycles. The van der Waals surface area contributed by atoms with Gasteiger partial charge < -0.3 is 10.2 Å². The molecule has 108 valence electrons. The SMILES string of the molecule is CCNc1ccncc1C(=O)N1CCCc2ccccc21. The van der Waals surface area contributed by atoms with Crippen molar-refractivity contribution in [3.63, 3.8) is 0 Å². The lowest BCUT2D eigenvalue weighted by molar-refractivity contribution is 0.0985. The van der Waals surface area contributed by atoms with Crippen LogP contribution in [-0.4, -0.2) is 24.0 Å². The summed E-state index contributed by atoms with van der Waals surface area (Å²) in [5, 5.41) is 3.23. The first-order chi connectivity index (χ1) is 10.3. The number of fused-ring (bicyclic) bond motifs is 1. The van der Waals surface area contributed by atoms with Gasteiger partial charge in [-0.2, -0.15) is 0 Å². The van der Waals surface area contributed by atoms with Crippen molar-refractivity contribution in [1.29, 1.82) is 0 Å². The number of pyridine rings is 1. The minimum atomic E-state index is 0.0196. The van der Waals surface area contributed by atoms with Crippen molar-refractivity contribution in [3.8, 4) is 0 Å². The summed E-state index contributed by atoms with van der Waals surface area (Å²) in [5.41, 5.74) is 3.75. The molecule has 0 bridgehead atoms. The highest BCUT2D eigenvalue weighted by Crippen LogP contribution is 2.29. The molecular formula is C17H19N3O. The summed E-state index contributed by atoms with van der Waals surface area (Å²) >= 11 is 0. The Kier molecular flexibility index (Phi) is 3.86. The third-order valence-electron chi connectivity index (χ3n) is 3.77. The fourth-order valence-electron chi connectivity index (χ4n) is 2.80. The molecule has 3 rings (SSSR count). The lowest BCUT2D eigenvalue weighted by Crippen LogP contribution is -2.35. The predicted molar refractivity (Wildman–Crippen MR) is 84.8 cm³/mol. The van der Waals surface area contributed by atoms with Gasteiger partial charge in [0.05, 0.1) is 11.3 Å². The van der Waals surface area contributed by atoms with Crippen LogP contribution < -0.4 is 10.2 Å². The summed E-state index contributed by atoms with van der Waals surface area (Å²) in [6.45, 7) is 3.56. The molecule has 0 aliphatic carbocycles. The Morgan fingerprint density at radius 3 is 3.05 bits per heavy atom. The van der Waals surface area contributed by atoms with E-state index in [0.717, 1.165) is 37.3 Å². The summed E-state index contributed by atoms with van der Waals surface area (Å²) in [4.78, 5) is 18.9. The highest BCUT2D eigenvalue weighted by atomic mass is 16.2. The number of nitrogens with zero attached hydrogens (tertiary/aromatic N) is 2. The Hall–Kier alpha value is -2.36. The largest absolute Gasteiger partial charge is 0.385 e. The average molecular weight is 281 g/mol. The number of amides is 1. The Morgan fingerprint density at radius 1 is 1.33 bits per heavy atom. The molecule has 4 nitrogen and oxygen atoms in total. The summed E-state index contributed by atoms with van der Waals surface area (Å²) in [6.07, 6.45) is 5.39. The topological polar surface area (TPSA) is 45.2 Å². The van der Waals surface area contributed by atoms with E-state index in [0.29, 0.717) is 5.56 Å². The van der Waals surface area contributed by atoms with Crippen LogP contribution in [0.4, 0.5) is 11.4 Å². The number of carbonyl (C=O) groups excluding carboxylic acids is 1. The molecule has 0 atom stereocenters. The molecule has 1 aliphatic heterocycles. The van der Waals surface area contributed by atoms with E-state index in [1.165, 1.54) is 5.56 Å². The first kappa shape index (κ1) is 13.6. The van der Waals surface area contributed by atoms with E-state index in [1.807, 2.05) is 36.1 Å². The van der Waals surface area contributed by atoms with Crippen molar-refractivity contribution in [3.05, 3.63) is 53.9 Å². The van der Waals surface area contributed by atoms with E-state index >= 15 is 0 Å². The van der Waals surface area contributed by atoms with Crippen molar-refractivity contribution >= 4 is 17.3 Å². The van der Waals surface area contributed by atoms with Crippen LogP contribution in [0.2, 0.25) is 0 Å². The minimum Gasteiger partial charge on any atom is -0.385 e. The van der Waals surface area contributed by atoms with Crippen LogP contribution in [0.5, 0.6) is 0 Å². The van der Waals surface area contributed by atoms with Crippen molar-refractivity contribution in [1.82, 2.24) is 4.98 Å². The first-order valence-corrected chi connectivity index (χ1v) is 7.39. The maximum Gasteiger partial charge on any atom is 0.261 e. The standard InChI is InChI=1S/C17H19N3O/c1-2-19-15-9-10-18-12-14(15)17(21)20-11-5-7-13-6-3-4-8-16(13)20/h3-4,6,8-10,12H,2,5,7,11H2,1H3,(H,18,19). The molecule has 1 aliphatic rings. The molecule has 1 aromatic carbocycles. The number of aromatic nitrogens is 1. The second-order valence-electron chi connectivity index (χ2n) is 5.14. The number of para-hydroxylation sites is 1. The van der Waals surface area contributed by atoms with Crippen LogP contribution >= 0.6 is 0 Å². The van der Waals surface area contributed by atoms with Crippen LogP contribution in [0.3, 0.4) is 0 Å². The monoisotopic (exact) mass is 281 g/mol. The Morgan fingerprint density at radius 2 is 2.19 bits per heavy atom. The second-order valence-corrected chi connectivity index (χ2v) is 5.14. The highest BCUT2D eigenvalue weighted by Gasteiger charge is 2.24. The molecule has 1 aromatic heterocycles. The van der Waals surface area contributed by atoms with Crippen molar-refractivity contribution < 1.29 is 4.79 Å². The zero-order valence-corrected chi connectivity index (χ0v) is 12.2. The van der Waals surface area contributed by atoms with E-state index in [4.69, 9.17) is 0 Å². The molecule has 4 heteroatoms. The van der Waals surface area contributed by atoms with Gasteiger partial charge in [-0.3, -0.25) is 9.78 Å². The number of benzene rings is 1. The van der Waals surface area contributed by atoms with E-state index < -0.39 is 0 Å². The van der Waals surface area contributed by atoms with Gasteiger partial charge in [0.15, 0.2) is 0 Å². The van der Waals surface area contributed by atoms with Crippen molar-refractivity contribution in [2.45, 2.75) is 19.8 Å². The molecule has 2 heterocycles. The number of rotatable bonds is 3. The summed E-state index contributed by atoms with van der Waals surface area (Å²) < 4.78 is 0. The predicted octanol–water partition coefficient (Wildman–Crippen LogP) is 3.11. The van der Waals surface area contributed by atoms with E-state index in [2.05, 4.69) is 16.4 Å². The Balaban J connectivity index is 1.97. The van der Waals surface area contributed by atoms with Gasteiger partial charge in [-0.25, -0.2) is 0 Å². The smallest absolute Gasteiger partial charge is 0.261 e. The Bertz CT molecular complexity index is 654. The van der Waals surface area contributed by atoms with Gasteiger partial charge >= 0.3 is 0 Å². The van der Waals surface area contributed by atoms with Crippen LogP contribution in [0.15, 0.2) is 42.7 Å². The van der Waals surface area contributed by atoms with Crippen LogP contribution in [0, 0.1) is 0 Å². The fraction of sp³-hybridized carbons (Fsp3) is 0.294. The van der Waals surface area contributed by atoms with Crippen LogP contribution in [0.1, 0.15) is 29.3 Å². The van der Waals surface area contributed by atoms with Gasteiger partial charge in [0, 0.05) is 31.2 Å². The molecule has 2 aromatic rings. The highest BCUT2D eigenvalue weighted by molar-refractivity contribution is 6.09. The van der Waals surface area contributed by atoms with E-state index in [1.54, 1.807) is 12.4 Å². The van der Waals surface area contributed by atoms with Crippen molar-refractivity contribution in [2.24, 2.45) is 0 Å². The molecule has 0 fully saturated rings. The second kappa shape index (κ2) is 5.95. The zero-order valence-electron chi connectivity index (χ0n) is 12.2. The lowest BCUT2D eigenvalue weighted by atomic mass is 10.0. The van der Waals surface area contributed by atoms with Gasteiger partial charge in [-0.1, -0.05) is 18.2 Å². The molecule has 0 unspecified atom stereocenters. The maximum absolute atomic E-state index is 12.9. The quantitative estimate of drug-likeness (QED) is 0.940. The van der Waals surface area contributed by atoms with E-state index in [9.17, 15) is 4.79 Å². The van der Waals surface area contributed by atoms with E-state index in [-0.39, 0.29) is 5.91 Å². The molecular weight excluding hydrogens is 262 g/mol.